The molecule has 0 unspecified atom stereocenters. The molecule has 0 radical (unpaired) electrons. The molecule has 1 aromatic heterocycles. The summed E-state index contributed by atoms with van der Waals surface area (Å²) in [7, 11) is 0. The van der Waals surface area contributed by atoms with E-state index >= 15 is 0 Å². The number of hydrogen-bond acceptors (Lipinski definition) is 5. The van der Waals surface area contributed by atoms with Gasteiger partial charge in [-0.3, -0.25) is 4.98 Å². The van der Waals surface area contributed by atoms with E-state index in [1.54, 1.807) is 0 Å². The van der Waals surface area contributed by atoms with Crippen LogP contribution in [0.4, 0.5) is 0 Å². The zero-order chi connectivity index (χ0) is 13.8. The van der Waals surface area contributed by atoms with Crippen molar-refractivity contribution in [3.8, 4) is 11.5 Å². The van der Waals surface area contributed by atoms with E-state index in [4.69, 9.17) is 9.84 Å². The first-order valence-corrected chi connectivity index (χ1v) is 5.26. The Morgan fingerprint density at radius 3 is 2.42 bits per heavy atom. The molecule has 0 spiro atoms. The molecule has 0 aliphatic rings. The highest BCUT2D eigenvalue weighted by atomic mass is 16.5. The van der Waals surface area contributed by atoms with Gasteiger partial charge in [-0.15, -0.1) is 0 Å². The van der Waals surface area contributed by atoms with E-state index in [-0.39, 0.29) is 11.3 Å². The monoisotopic (exact) mass is 259 g/mol. The highest BCUT2D eigenvalue weighted by Crippen LogP contribution is 2.23. The quantitative estimate of drug-likeness (QED) is 0.643. The summed E-state index contributed by atoms with van der Waals surface area (Å²) in [6, 6.07) is 6.48. The molecule has 0 aliphatic heterocycles. The van der Waals surface area contributed by atoms with Gasteiger partial charge < -0.3 is 14.9 Å². The standard InChI is InChI=1S/C13H9NO5/c15-11-2-1-9(7-10(11)12(16)17)19-13(18)8-3-5-14-6-4-8/h1-7,15H,(H,16,17). The Morgan fingerprint density at radius 2 is 1.79 bits per heavy atom. The number of rotatable bonds is 3. The maximum absolute atomic E-state index is 11.7. The summed E-state index contributed by atoms with van der Waals surface area (Å²) in [5.74, 6) is -2.29. The maximum atomic E-state index is 11.7. The normalized spacial score (nSPS) is 9.89. The Morgan fingerprint density at radius 1 is 1.11 bits per heavy atom. The molecule has 0 fully saturated rings. The molecule has 0 bridgehead atoms. The minimum absolute atomic E-state index is 0.0389. The van der Waals surface area contributed by atoms with Gasteiger partial charge in [-0.05, 0) is 30.3 Å². The van der Waals surface area contributed by atoms with Crippen molar-refractivity contribution >= 4 is 11.9 Å². The summed E-state index contributed by atoms with van der Waals surface area (Å²) >= 11 is 0. The summed E-state index contributed by atoms with van der Waals surface area (Å²) in [4.78, 5) is 26.3. The number of esters is 1. The van der Waals surface area contributed by atoms with Crippen LogP contribution in [0.3, 0.4) is 0 Å². The number of aromatic carboxylic acids is 1. The Hall–Kier alpha value is -2.89. The molecule has 6 nitrogen and oxygen atoms in total. The molecule has 0 aliphatic carbocycles. The molecule has 0 amide bonds. The minimum atomic E-state index is -1.31. The summed E-state index contributed by atoms with van der Waals surface area (Å²) < 4.78 is 5.01. The van der Waals surface area contributed by atoms with Crippen molar-refractivity contribution in [2.45, 2.75) is 0 Å². The van der Waals surface area contributed by atoms with Gasteiger partial charge in [0.1, 0.15) is 17.1 Å². The Bertz CT molecular complexity index is 624. The predicted molar refractivity (Wildman–Crippen MR) is 64.3 cm³/mol. The van der Waals surface area contributed by atoms with Crippen LogP contribution in [-0.4, -0.2) is 27.1 Å². The zero-order valence-corrected chi connectivity index (χ0v) is 9.61. The number of pyridine rings is 1. The van der Waals surface area contributed by atoms with Crippen LogP contribution >= 0.6 is 0 Å². The van der Waals surface area contributed by atoms with Crippen molar-refractivity contribution < 1.29 is 24.5 Å². The number of carboxylic acids is 1. The van der Waals surface area contributed by atoms with Crippen LogP contribution in [0, 0.1) is 0 Å². The lowest BCUT2D eigenvalue weighted by molar-refractivity contribution is 0.0684. The second-order valence-electron chi connectivity index (χ2n) is 3.61. The van der Waals surface area contributed by atoms with Gasteiger partial charge in [0, 0.05) is 12.4 Å². The number of phenols is 1. The number of carbonyl (C=O) groups excluding carboxylic acids is 1. The van der Waals surface area contributed by atoms with Crippen molar-refractivity contribution in [2.75, 3.05) is 0 Å². The fourth-order valence-corrected chi connectivity index (χ4v) is 1.40. The highest BCUT2D eigenvalue weighted by molar-refractivity contribution is 5.93. The molecule has 19 heavy (non-hydrogen) atoms. The second-order valence-corrected chi connectivity index (χ2v) is 3.61. The fraction of sp³-hybridized carbons (Fsp3) is 0. The number of carboxylic acid groups (broad SMARTS) is 1. The number of carbonyl (C=O) groups is 2. The Kier molecular flexibility index (Phi) is 3.42. The summed E-state index contributed by atoms with van der Waals surface area (Å²) in [5.41, 5.74) is -0.0417. The summed E-state index contributed by atoms with van der Waals surface area (Å²) in [5, 5.41) is 18.2. The van der Waals surface area contributed by atoms with Gasteiger partial charge in [0.25, 0.3) is 0 Å². The van der Waals surface area contributed by atoms with Crippen molar-refractivity contribution in [1.82, 2.24) is 4.98 Å². The third-order valence-corrected chi connectivity index (χ3v) is 2.32. The first kappa shape index (κ1) is 12.6. The van der Waals surface area contributed by atoms with E-state index in [2.05, 4.69) is 4.98 Å². The molecule has 96 valence electrons. The fourth-order valence-electron chi connectivity index (χ4n) is 1.40. The van der Waals surface area contributed by atoms with E-state index < -0.39 is 17.7 Å². The van der Waals surface area contributed by atoms with Gasteiger partial charge in [0.05, 0.1) is 5.56 Å². The van der Waals surface area contributed by atoms with E-state index in [9.17, 15) is 14.7 Å². The smallest absolute Gasteiger partial charge is 0.343 e. The SMILES string of the molecule is O=C(Oc1ccc(O)c(C(=O)O)c1)c1ccncc1. The molecule has 2 rings (SSSR count). The topological polar surface area (TPSA) is 96.7 Å². The molecule has 6 heteroatoms. The first-order valence-electron chi connectivity index (χ1n) is 5.26. The Labute approximate surface area is 107 Å². The largest absolute Gasteiger partial charge is 0.507 e. The van der Waals surface area contributed by atoms with E-state index in [0.29, 0.717) is 5.56 Å². The van der Waals surface area contributed by atoms with Crippen LogP contribution < -0.4 is 4.74 Å². The molecule has 1 heterocycles. The van der Waals surface area contributed by atoms with Crippen LogP contribution in [-0.2, 0) is 0 Å². The van der Waals surface area contributed by atoms with Crippen molar-refractivity contribution in [3.05, 3.63) is 53.9 Å². The Balaban J connectivity index is 2.23. The van der Waals surface area contributed by atoms with Crippen LogP contribution in [0.5, 0.6) is 11.5 Å². The number of aromatic hydroxyl groups is 1. The average Bonchev–Trinajstić information content (AvgIpc) is 2.41. The third kappa shape index (κ3) is 2.86. The molecule has 0 saturated heterocycles. The molecule has 1 aromatic carbocycles. The van der Waals surface area contributed by atoms with Gasteiger partial charge in [-0.25, -0.2) is 9.59 Å². The van der Waals surface area contributed by atoms with Crippen LogP contribution in [0.2, 0.25) is 0 Å². The van der Waals surface area contributed by atoms with E-state index in [1.165, 1.54) is 30.6 Å². The van der Waals surface area contributed by atoms with E-state index in [0.717, 1.165) is 12.1 Å². The number of aromatic nitrogens is 1. The molecular weight excluding hydrogens is 250 g/mol. The van der Waals surface area contributed by atoms with Crippen molar-refractivity contribution in [3.63, 3.8) is 0 Å². The lowest BCUT2D eigenvalue weighted by Gasteiger charge is -2.06. The molecule has 0 saturated carbocycles. The first-order chi connectivity index (χ1) is 9.08. The predicted octanol–water partition coefficient (Wildman–Crippen LogP) is 1.70. The minimum Gasteiger partial charge on any atom is -0.507 e. The van der Waals surface area contributed by atoms with Crippen LogP contribution in [0.15, 0.2) is 42.7 Å². The average molecular weight is 259 g/mol. The van der Waals surface area contributed by atoms with Crippen molar-refractivity contribution in [1.29, 1.82) is 0 Å². The van der Waals surface area contributed by atoms with Gasteiger partial charge >= 0.3 is 11.9 Å². The van der Waals surface area contributed by atoms with Crippen LogP contribution in [0.25, 0.3) is 0 Å². The summed E-state index contributed by atoms with van der Waals surface area (Å²) in [6.07, 6.45) is 2.88. The second kappa shape index (κ2) is 5.18. The van der Waals surface area contributed by atoms with Crippen molar-refractivity contribution in [2.24, 2.45) is 0 Å². The van der Waals surface area contributed by atoms with Gasteiger partial charge in [0.15, 0.2) is 0 Å². The number of ether oxygens (including phenoxy) is 1. The summed E-state index contributed by atoms with van der Waals surface area (Å²) in [6.45, 7) is 0. The van der Waals surface area contributed by atoms with Crippen LogP contribution in [0.1, 0.15) is 20.7 Å². The number of hydrogen-bond donors (Lipinski definition) is 2. The van der Waals surface area contributed by atoms with E-state index in [1.807, 2.05) is 0 Å². The molecule has 0 atom stereocenters. The highest BCUT2D eigenvalue weighted by Gasteiger charge is 2.13. The maximum Gasteiger partial charge on any atom is 0.343 e. The third-order valence-electron chi connectivity index (χ3n) is 2.32. The molecule has 2 aromatic rings. The van der Waals surface area contributed by atoms with Gasteiger partial charge in [-0.1, -0.05) is 0 Å². The lowest BCUT2D eigenvalue weighted by atomic mass is 10.2. The number of nitrogens with zero attached hydrogens (tertiary/aromatic N) is 1. The lowest BCUT2D eigenvalue weighted by Crippen LogP contribution is -2.09. The van der Waals surface area contributed by atoms with Gasteiger partial charge in [-0.2, -0.15) is 0 Å². The van der Waals surface area contributed by atoms with Gasteiger partial charge in [0.2, 0.25) is 0 Å². The number of benzene rings is 1. The molecule has 2 N–H and O–H groups in total. The zero-order valence-electron chi connectivity index (χ0n) is 9.61. The molecular formula is C13H9NO5.